The molecular formula is C35H33F2N5O7S. The molecule has 0 spiro atoms. The summed E-state index contributed by atoms with van der Waals surface area (Å²) in [6.45, 7) is -0.334. The third kappa shape index (κ3) is 5.84. The number of thiophene rings is 1. The van der Waals surface area contributed by atoms with Crippen LogP contribution in [0.5, 0.6) is 11.5 Å². The molecule has 0 saturated carbocycles. The minimum absolute atomic E-state index is 0.0757. The van der Waals surface area contributed by atoms with Gasteiger partial charge in [0.15, 0.2) is 0 Å². The SMILES string of the molecule is COc1cc(OC)cc(-c2cn(C)c(=O)c3cc(C(=O)NC4CCN(c5ccc6c(c5)C(=O)N(C5CCC(=O)NC5=O)C6)CC4(F)F)sc23)c1. The van der Waals surface area contributed by atoms with Gasteiger partial charge in [-0.25, -0.2) is 8.78 Å². The number of benzene rings is 2. The second-order valence-corrected chi connectivity index (χ2v) is 13.7. The third-order valence-electron chi connectivity index (χ3n) is 9.52. The van der Waals surface area contributed by atoms with Crippen LogP contribution in [-0.4, -0.2) is 78.4 Å². The zero-order valence-corrected chi connectivity index (χ0v) is 28.2. The number of alkyl halides is 2. The average Bonchev–Trinajstić information content (AvgIpc) is 3.68. The Morgan fingerprint density at radius 1 is 1.00 bits per heavy atom. The molecule has 260 valence electrons. The van der Waals surface area contributed by atoms with Crippen LogP contribution in [-0.2, 0) is 23.2 Å². The second kappa shape index (κ2) is 12.5. The van der Waals surface area contributed by atoms with E-state index in [1.165, 1.54) is 34.7 Å². The minimum Gasteiger partial charge on any atom is -0.497 e. The van der Waals surface area contributed by atoms with E-state index >= 15 is 8.78 Å². The highest BCUT2D eigenvalue weighted by atomic mass is 32.1. The average molecular weight is 706 g/mol. The van der Waals surface area contributed by atoms with Crippen molar-refractivity contribution in [3.8, 4) is 22.6 Å². The third-order valence-corrected chi connectivity index (χ3v) is 10.7. The van der Waals surface area contributed by atoms with Crippen molar-refractivity contribution in [2.45, 2.75) is 43.8 Å². The van der Waals surface area contributed by atoms with Crippen molar-refractivity contribution in [3.05, 3.63) is 75.0 Å². The van der Waals surface area contributed by atoms with Gasteiger partial charge in [-0.1, -0.05) is 6.07 Å². The summed E-state index contributed by atoms with van der Waals surface area (Å²) in [5.41, 5.74) is 2.42. The van der Waals surface area contributed by atoms with E-state index in [0.717, 1.165) is 11.3 Å². The van der Waals surface area contributed by atoms with E-state index in [1.54, 1.807) is 49.6 Å². The van der Waals surface area contributed by atoms with Gasteiger partial charge in [0.2, 0.25) is 11.8 Å². The summed E-state index contributed by atoms with van der Waals surface area (Å²) in [5.74, 6) is -4.27. The Labute approximate surface area is 288 Å². The Morgan fingerprint density at radius 2 is 1.74 bits per heavy atom. The van der Waals surface area contributed by atoms with Crippen LogP contribution in [0.4, 0.5) is 14.5 Å². The van der Waals surface area contributed by atoms with Gasteiger partial charge in [0.25, 0.3) is 23.3 Å². The highest BCUT2D eigenvalue weighted by Gasteiger charge is 2.46. The highest BCUT2D eigenvalue weighted by Crippen LogP contribution is 2.38. The molecule has 2 saturated heterocycles. The molecule has 2 aromatic carbocycles. The normalized spacial score (nSPS) is 20.1. The summed E-state index contributed by atoms with van der Waals surface area (Å²) < 4.78 is 44.1. The first-order chi connectivity index (χ1) is 23.9. The van der Waals surface area contributed by atoms with Crippen LogP contribution in [0.25, 0.3) is 21.2 Å². The van der Waals surface area contributed by atoms with Gasteiger partial charge in [0.1, 0.15) is 17.5 Å². The Hall–Kier alpha value is -5.31. The van der Waals surface area contributed by atoms with Gasteiger partial charge in [0.05, 0.1) is 37.1 Å². The molecule has 2 N–H and O–H groups in total. The maximum absolute atomic E-state index is 15.7. The Bertz CT molecular complexity index is 2130. The lowest BCUT2D eigenvalue weighted by atomic mass is 9.99. The maximum atomic E-state index is 15.7. The van der Waals surface area contributed by atoms with Crippen molar-refractivity contribution in [3.63, 3.8) is 0 Å². The number of hydrogen-bond acceptors (Lipinski definition) is 9. The van der Waals surface area contributed by atoms with Crippen molar-refractivity contribution in [2.24, 2.45) is 7.05 Å². The van der Waals surface area contributed by atoms with Crippen LogP contribution < -0.4 is 30.6 Å². The Morgan fingerprint density at radius 3 is 2.42 bits per heavy atom. The van der Waals surface area contributed by atoms with Crippen molar-refractivity contribution >= 4 is 50.7 Å². The maximum Gasteiger partial charge on any atom is 0.284 e. The van der Waals surface area contributed by atoms with E-state index in [0.29, 0.717) is 44.1 Å². The molecule has 4 amide bonds. The van der Waals surface area contributed by atoms with Crippen molar-refractivity contribution in [1.29, 1.82) is 0 Å². The summed E-state index contributed by atoms with van der Waals surface area (Å²) in [6, 6.07) is 9.38. The van der Waals surface area contributed by atoms with Crippen molar-refractivity contribution in [2.75, 3.05) is 32.2 Å². The molecule has 0 aliphatic carbocycles. The number of aryl methyl sites for hydroxylation is 1. The van der Waals surface area contributed by atoms with E-state index in [1.807, 2.05) is 0 Å². The molecule has 3 aliphatic rings. The minimum atomic E-state index is -3.33. The molecule has 0 radical (unpaired) electrons. The Kier molecular flexibility index (Phi) is 8.33. The van der Waals surface area contributed by atoms with Gasteiger partial charge in [-0.2, -0.15) is 0 Å². The zero-order valence-electron chi connectivity index (χ0n) is 27.4. The van der Waals surface area contributed by atoms with Crippen LogP contribution in [0.15, 0.2) is 53.5 Å². The molecule has 15 heteroatoms. The van der Waals surface area contributed by atoms with Gasteiger partial charge >= 0.3 is 0 Å². The number of nitrogens with zero attached hydrogens (tertiary/aromatic N) is 3. The van der Waals surface area contributed by atoms with Crippen LogP contribution in [0, 0.1) is 0 Å². The van der Waals surface area contributed by atoms with Crippen LogP contribution >= 0.6 is 11.3 Å². The number of ether oxygens (including phenoxy) is 2. The first-order valence-corrected chi connectivity index (χ1v) is 16.8. The van der Waals surface area contributed by atoms with E-state index in [4.69, 9.17) is 9.47 Å². The van der Waals surface area contributed by atoms with Crippen LogP contribution in [0.2, 0.25) is 0 Å². The fourth-order valence-corrected chi connectivity index (χ4v) is 7.92. The number of rotatable bonds is 7. The number of carbonyl (C=O) groups excluding carboxylic acids is 4. The van der Waals surface area contributed by atoms with Gasteiger partial charge in [0, 0.05) is 60.3 Å². The molecule has 0 bridgehead atoms. The lowest BCUT2D eigenvalue weighted by Crippen LogP contribution is -2.58. The number of halogens is 2. The van der Waals surface area contributed by atoms with Crippen molar-refractivity contribution in [1.82, 2.24) is 20.1 Å². The standard InChI is InChI=1S/C35H33F2N5O7S/c1-40-16-25(19-10-21(48-2)13-22(11-19)49-3)30-24(33(40)46)14-27(50-30)32(45)38-28-8-9-41(17-35(28,36)37)20-5-4-18-15-42(34(47)23(18)12-20)26-6-7-29(43)39-31(26)44/h4-5,10-14,16,26,28H,6-9,15,17H2,1-3H3,(H,38,45)(H,39,43,44). The van der Waals surface area contributed by atoms with Crippen molar-refractivity contribution < 1.29 is 37.4 Å². The number of amides is 4. The summed E-state index contributed by atoms with van der Waals surface area (Å²) in [6.07, 6.45) is 1.93. The first-order valence-electron chi connectivity index (χ1n) is 15.9. The molecule has 4 aromatic rings. The van der Waals surface area contributed by atoms with E-state index < -0.39 is 42.3 Å². The predicted octanol–water partition coefficient (Wildman–Crippen LogP) is 3.69. The number of hydrogen-bond donors (Lipinski definition) is 2. The van der Waals surface area contributed by atoms with Gasteiger partial charge in [-0.3, -0.25) is 29.3 Å². The summed E-state index contributed by atoms with van der Waals surface area (Å²) in [7, 11) is 4.64. The molecule has 2 unspecified atom stereocenters. The lowest BCUT2D eigenvalue weighted by Gasteiger charge is -2.39. The van der Waals surface area contributed by atoms with Gasteiger partial charge in [-0.05, 0) is 54.3 Å². The molecule has 2 fully saturated rings. The Balaban J connectivity index is 1.08. The summed E-state index contributed by atoms with van der Waals surface area (Å²) in [4.78, 5) is 66.8. The van der Waals surface area contributed by atoms with Gasteiger partial charge < -0.3 is 29.2 Å². The lowest BCUT2D eigenvalue weighted by molar-refractivity contribution is -0.136. The molecule has 2 atom stereocenters. The van der Waals surface area contributed by atoms with Crippen LogP contribution in [0.1, 0.15) is 44.9 Å². The van der Waals surface area contributed by atoms with Crippen LogP contribution in [0.3, 0.4) is 0 Å². The monoisotopic (exact) mass is 705 g/mol. The first kappa shape index (κ1) is 33.2. The van der Waals surface area contributed by atoms with E-state index in [2.05, 4.69) is 10.6 Å². The number of imide groups is 1. The number of piperidine rings is 2. The number of anilines is 1. The number of methoxy groups -OCH3 is 2. The van der Waals surface area contributed by atoms with Gasteiger partial charge in [-0.15, -0.1) is 11.3 Å². The molecule has 3 aliphatic heterocycles. The fraction of sp³-hybridized carbons (Fsp3) is 0.343. The summed E-state index contributed by atoms with van der Waals surface area (Å²) in [5, 5.41) is 5.06. The number of carbonyl (C=O) groups is 4. The zero-order chi connectivity index (χ0) is 35.5. The smallest absolute Gasteiger partial charge is 0.284 e. The molecule has 2 aromatic heterocycles. The van der Waals surface area contributed by atoms with E-state index in [-0.39, 0.29) is 54.1 Å². The summed E-state index contributed by atoms with van der Waals surface area (Å²) >= 11 is 1.04. The second-order valence-electron chi connectivity index (χ2n) is 12.7. The molecule has 7 rings (SSSR count). The largest absolute Gasteiger partial charge is 0.497 e. The molecular weight excluding hydrogens is 672 g/mol. The quantitative estimate of drug-likeness (QED) is 0.278. The fourth-order valence-electron chi connectivity index (χ4n) is 6.84. The van der Waals surface area contributed by atoms with E-state index in [9.17, 15) is 24.0 Å². The highest BCUT2D eigenvalue weighted by molar-refractivity contribution is 7.21. The number of nitrogens with one attached hydrogen (secondary N) is 2. The number of pyridine rings is 1. The molecule has 50 heavy (non-hydrogen) atoms. The predicted molar refractivity (Wildman–Crippen MR) is 181 cm³/mol. The topological polar surface area (TPSA) is 139 Å². The molecule has 5 heterocycles. The number of aromatic nitrogens is 1. The number of fused-ring (bicyclic) bond motifs is 2. The molecule has 12 nitrogen and oxygen atoms in total.